The number of nitrogens with zero attached hydrogens (tertiary/aromatic N) is 1. The van der Waals surface area contributed by atoms with Crippen LogP contribution in [0.4, 0.5) is 5.82 Å². The molecule has 0 atom stereocenters. The number of hydrogen-bond donors (Lipinski definition) is 1. The second kappa shape index (κ2) is 7.36. The fraction of sp³-hybridized carbons (Fsp3) is 0.176. The van der Waals surface area contributed by atoms with Gasteiger partial charge in [0.25, 0.3) is 5.91 Å². The third-order valence-corrected chi connectivity index (χ3v) is 2.88. The van der Waals surface area contributed by atoms with E-state index in [1.54, 1.807) is 18.3 Å². The number of carbonyl (C=O) groups excluding carboxylic acids is 3. The average molecular weight is 328 g/mol. The molecule has 1 N–H and O–H groups in total. The number of ether oxygens (including phenoxy) is 2. The third-order valence-electron chi connectivity index (χ3n) is 2.88. The van der Waals surface area contributed by atoms with Crippen molar-refractivity contribution < 1.29 is 23.9 Å². The number of benzene rings is 1. The van der Waals surface area contributed by atoms with Gasteiger partial charge in [-0.2, -0.15) is 0 Å². The molecular formula is C17H16N2O5. The second-order valence-electron chi connectivity index (χ2n) is 5.00. The molecule has 1 heterocycles. The Morgan fingerprint density at radius 2 is 1.71 bits per heavy atom. The number of pyridine rings is 1. The van der Waals surface area contributed by atoms with Gasteiger partial charge in [-0.3, -0.25) is 14.4 Å². The van der Waals surface area contributed by atoms with Gasteiger partial charge >= 0.3 is 11.9 Å². The van der Waals surface area contributed by atoms with Gasteiger partial charge in [0.05, 0.1) is 5.56 Å². The predicted octanol–water partition coefficient (Wildman–Crippen LogP) is 2.49. The van der Waals surface area contributed by atoms with Crippen LogP contribution in [0.1, 0.15) is 29.8 Å². The number of esters is 2. The fourth-order valence-electron chi connectivity index (χ4n) is 1.90. The van der Waals surface area contributed by atoms with E-state index < -0.39 is 17.8 Å². The van der Waals surface area contributed by atoms with E-state index >= 15 is 0 Å². The van der Waals surface area contributed by atoms with Crippen LogP contribution >= 0.6 is 0 Å². The van der Waals surface area contributed by atoms with Gasteiger partial charge in [-0.05, 0) is 30.7 Å². The number of carbonyl (C=O) groups is 3. The first-order valence-electron chi connectivity index (χ1n) is 7.10. The Labute approximate surface area is 138 Å². The quantitative estimate of drug-likeness (QED) is 0.684. The molecule has 1 amide bonds. The molecule has 2 rings (SSSR count). The van der Waals surface area contributed by atoms with E-state index in [0.717, 1.165) is 5.56 Å². The Bertz CT molecular complexity index is 784. The number of rotatable bonds is 4. The van der Waals surface area contributed by atoms with E-state index in [9.17, 15) is 14.4 Å². The Morgan fingerprint density at radius 1 is 1.00 bits per heavy atom. The summed E-state index contributed by atoms with van der Waals surface area (Å²) in [6, 6.07) is 7.84. The first-order valence-corrected chi connectivity index (χ1v) is 7.10. The number of amides is 1. The Morgan fingerprint density at radius 3 is 2.29 bits per heavy atom. The lowest BCUT2D eigenvalue weighted by Gasteiger charge is -2.13. The SMILES string of the molecule is CC(=O)Oc1cccc(C(=O)Nc2ccc(C)cn2)c1OC(C)=O. The van der Waals surface area contributed by atoms with Crippen molar-refractivity contribution in [2.45, 2.75) is 20.8 Å². The number of aromatic nitrogens is 1. The smallest absolute Gasteiger partial charge is 0.308 e. The number of nitrogens with one attached hydrogen (secondary N) is 1. The number of anilines is 1. The number of aryl methyl sites for hydroxylation is 1. The zero-order valence-corrected chi connectivity index (χ0v) is 13.5. The topological polar surface area (TPSA) is 94.6 Å². The van der Waals surface area contributed by atoms with Crippen LogP contribution in [0.2, 0.25) is 0 Å². The van der Waals surface area contributed by atoms with Crippen molar-refractivity contribution in [2.24, 2.45) is 0 Å². The van der Waals surface area contributed by atoms with Crippen LogP contribution in [0.5, 0.6) is 11.5 Å². The van der Waals surface area contributed by atoms with Crippen LogP contribution < -0.4 is 14.8 Å². The maximum absolute atomic E-state index is 12.5. The highest BCUT2D eigenvalue weighted by Gasteiger charge is 2.20. The monoisotopic (exact) mass is 328 g/mol. The van der Waals surface area contributed by atoms with Crippen LogP contribution in [0.25, 0.3) is 0 Å². The summed E-state index contributed by atoms with van der Waals surface area (Å²) in [6.45, 7) is 4.27. The number of hydrogen-bond acceptors (Lipinski definition) is 6. The van der Waals surface area contributed by atoms with Gasteiger partial charge in [-0.25, -0.2) is 4.98 Å². The molecule has 1 aromatic carbocycles. The highest BCUT2D eigenvalue weighted by molar-refractivity contribution is 6.06. The van der Waals surface area contributed by atoms with E-state index in [2.05, 4.69) is 10.3 Å². The summed E-state index contributed by atoms with van der Waals surface area (Å²) in [5.74, 6) is -1.57. The molecular weight excluding hydrogens is 312 g/mol. The molecule has 0 aliphatic rings. The molecule has 0 saturated heterocycles. The molecule has 0 saturated carbocycles. The summed E-state index contributed by atoms with van der Waals surface area (Å²) >= 11 is 0. The van der Waals surface area contributed by atoms with Gasteiger partial charge in [-0.1, -0.05) is 12.1 Å². The molecule has 7 nitrogen and oxygen atoms in total. The molecule has 24 heavy (non-hydrogen) atoms. The molecule has 0 aliphatic heterocycles. The van der Waals surface area contributed by atoms with Crippen LogP contribution in [0, 0.1) is 6.92 Å². The largest absolute Gasteiger partial charge is 0.423 e. The highest BCUT2D eigenvalue weighted by atomic mass is 16.6. The van der Waals surface area contributed by atoms with Crippen molar-refractivity contribution >= 4 is 23.7 Å². The van der Waals surface area contributed by atoms with Crippen LogP contribution in [0.15, 0.2) is 36.5 Å². The first kappa shape index (κ1) is 17.1. The van der Waals surface area contributed by atoms with Crippen molar-refractivity contribution in [3.05, 3.63) is 47.7 Å². The van der Waals surface area contributed by atoms with E-state index in [1.807, 2.05) is 6.92 Å². The van der Waals surface area contributed by atoms with Gasteiger partial charge in [0, 0.05) is 20.0 Å². The summed E-state index contributed by atoms with van der Waals surface area (Å²) in [4.78, 5) is 39.0. The lowest BCUT2D eigenvalue weighted by molar-refractivity contribution is -0.134. The fourth-order valence-corrected chi connectivity index (χ4v) is 1.90. The van der Waals surface area contributed by atoms with E-state index in [4.69, 9.17) is 9.47 Å². The van der Waals surface area contributed by atoms with E-state index in [1.165, 1.54) is 32.0 Å². The molecule has 1 aromatic heterocycles. The molecule has 0 bridgehead atoms. The van der Waals surface area contributed by atoms with Gasteiger partial charge in [-0.15, -0.1) is 0 Å². The van der Waals surface area contributed by atoms with Crippen LogP contribution in [-0.2, 0) is 9.59 Å². The van der Waals surface area contributed by atoms with E-state index in [-0.39, 0.29) is 17.1 Å². The summed E-state index contributed by atoms with van der Waals surface area (Å²) in [7, 11) is 0. The molecule has 7 heteroatoms. The summed E-state index contributed by atoms with van der Waals surface area (Å²) in [5, 5.41) is 2.60. The van der Waals surface area contributed by atoms with Gasteiger partial charge < -0.3 is 14.8 Å². The molecule has 0 unspecified atom stereocenters. The molecule has 0 spiro atoms. The summed E-state index contributed by atoms with van der Waals surface area (Å²) in [5.41, 5.74) is 0.997. The Hall–Kier alpha value is -3.22. The number of para-hydroxylation sites is 1. The van der Waals surface area contributed by atoms with Crippen molar-refractivity contribution in [1.82, 2.24) is 4.98 Å². The summed E-state index contributed by atoms with van der Waals surface area (Å²) < 4.78 is 10.0. The molecule has 0 fully saturated rings. The maximum Gasteiger partial charge on any atom is 0.308 e. The lowest BCUT2D eigenvalue weighted by atomic mass is 10.1. The molecule has 0 aliphatic carbocycles. The molecule has 124 valence electrons. The van der Waals surface area contributed by atoms with Crippen molar-refractivity contribution in [1.29, 1.82) is 0 Å². The molecule has 0 radical (unpaired) electrons. The zero-order valence-electron chi connectivity index (χ0n) is 13.5. The van der Waals surface area contributed by atoms with Crippen molar-refractivity contribution in [3.63, 3.8) is 0 Å². The second-order valence-corrected chi connectivity index (χ2v) is 5.00. The minimum absolute atomic E-state index is 0.0118. The van der Waals surface area contributed by atoms with Gasteiger partial charge in [0.1, 0.15) is 5.82 Å². The van der Waals surface area contributed by atoms with E-state index in [0.29, 0.717) is 5.82 Å². The predicted molar refractivity (Wildman–Crippen MR) is 86.0 cm³/mol. The third kappa shape index (κ3) is 4.39. The Kier molecular flexibility index (Phi) is 5.26. The van der Waals surface area contributed by atoms with Crippen molar-refractivity contribution in [3.8, 4) is 11.5 Å². The Balaban J connectivity index is 2.36. The normalized spacial score (nSPS) is 9.96. The van der Waals surface area contributed by atoms with Crippen molar-refractivity contribution in [2.75, 3.05) is 5.32 Å². The summed E-state index contributed by atoms with van der Waals surface area (Å²) in [6.07, 6.45) is 1.61. The highest BCUT2D eigenvalue weighted by Crippen LogP contribution is 2.32. The minimum Gasteiger partial charge on any atom is -0.423 e. The maximum atomic E-state index is 12.5. The van der Waals surface area contributed by atoms with Gasteiger partial charge in [0.15, 0.2) is 11.5 Å². The lowest BCUT2D eigenvalue weighted by Crippen LogP contribution is -2.17. The van der Waals surface area contributed by atoms with Gasteiger partial charge in [0.2, 0.25) is 0 Å². The standard InChI is InChI=1S/C17H16N2O5/c1-10-7-8-15(18-9-10)19-17(22)13-5-4-6-14(23-11(2)20)16(13)24-12(3)21/h4-9H,1-3H3,(H,18,19,22). The zero-order chi connectivity index (χ0) is 17.7. The minimum atomic E-state index is -0.642. The first-order chi connectivity index (χ1) is 11.4. The van der Waals surface area contributed by atoms with Crippen LogP contribution in [-0.4, -0.2) is 22.8 Å². The molecule has 2 aromatic rings. The van der Waals surface area contributed by atoms with Crippen LogP contribution in [0.3, 0.4) is 0 Å². The average Bonchev–Trinajstić information content (AvgIpc) is 2.50.